The second-order valence-electron chi connectivity index (χ2n) is 9.20. The molecular formula is C22H19FN8O5. The first-order valence-electron chi connectivity index (χ1n) is 11.1. The maximum absolute atomic E-state index is 16.1. The SMILES string of the molecule is C[C@H]1CN2c3c(cc4c(-n5cc(C#N)c(N)n5)noc4c3F)CC3(C(=O)NC(=O)NC3=O)[C@@H]2[C@@H](C)O1. The molecule has 1 aromatic carbocycles. The molecule has 3 aliphatic heterocycles. The molecule has 0 bridgehead atoms. The van der Waals surface area contributed by atoms with Crippen LogP contribution in [0.5, 0.6) is 0 Å². The number of amides is 4. The summed E-state index contributed by atoms with van der Waals surface area (Å²) in [4.78, 5) is 40.1. The van der Waals surface area contributed by atoms with E-state index in [-0.39, 0.29) is 52.9 Å². The number of rotatable bonds is 1. The molecule has 1 spiro atoms. The van der Waals surface area contributed by atoms with Crippen molar-refractivity contribution in [2.24, 2.45) is 5.41 Å². The number of urea groups is 1. The van der Waals surface area contributed by atoms with Crippen molar-refractivity contribution in [2.45, 2.75) is 38.5 Å². The Morgan fingerprint density at radius 3 is 2.67 bits per heavy atom. The van der Waals surface area contributed by atoms with E-state index in [9.17, 15) is 19.6 Å². The van der Waals surface area contributed by atoms with Crippen LogP contribution in [0.1, 0.15) is 25.0 Å². The molecule has 0 radical (unpaired) electrons. The molecule has 3 aromatic rings. The average Bonchev–Trinajstić information content (AvgIpc) is 3.39. The fourth-order valence-corrected chi connectivity index (χ4v) is 5.68. The summed E-state index contributed by atoms with van der Waals surface area (Å²) in [7, 11) is 0. The van der Waals surface area contributed by atoms with E-state index in [4.69, 9.17) is 15.0 Å². The molecule has 5 heterocycles. The van der Waals surface area contributed by atoms with E-state index in [0.717, 1.165) is 0 Å². The number of nitrogens with two attached hydrogens (primary N) is 1. The molecule has 0 saturated carbocycles. The lowest BCUT2D eigenvalue weighted by Gasteiger charge is -2.55. The van der Waals surface area contributed by atoms with Crippen molar-refractivity contribution in [2.75, 3.05) is 17.2 Å². The number of nitrogens with zero attached hydrogens (tertiary/aromatic N) is 5. The van der Waals surface area contributed by atoms with Crippen LogP contribution in [0, 0.1) is 22.6 Å². The molecule has 2 saturated heterocycles. The number of imide groups is 2. The van der Waals surface area contributed by atoms with E-state index in [0.29, 0.717) is 5.56 Å². The van der Waals surface area contributed by atoms with E-state index in [2.05, 4.69) is 20.9 Å². The Balaban J connectivity index is 1.59. The quantitative estimate of drug-likeness (QED) is 0.403. The average molecular weight is 494 g/mol. The van der Waals surface area contributed by atoms with Crippen LogP contribution in [0.25, 0.3) is 16.8 Å². The smallest absolute Gasteiger partial charge is 0.328 e. The van der Waals surface area contributed by atoms with Gasteiger partial charge in [-0.05, 0) is 25.5 Å². The Hall–Kier alpha value is -4.51. The Labute approximate surface area is 201 Å². The van der Waals surface area contributed by atoms with Gasteiger partial charge in [0.2, 0.25) is 23.2 Å². The Bertz CT molecular complexity index is 1520. The third kappa shape index (κ3) is 2.74. The van der Waals surface area contributed by atoms with Crippen molar-refractivity contribution in [1.82, 2.24) is 25.6 Å². The van der Waals surface area contributed by atoms with Gasteiger partial charge in [0.15, 0.2) is 17.1 Å². The van der Waals surface area contributed by atoms with Crippen LogP contribution in [-0.4, -0.2) is 57.6 Å². The number of benzene rings is 1. The normalized spacial score (nSPS) is 24.8. The lowest BCUT2D eigenvalue weighted by Crippen LogP contribution is -2.75. The van der Waals surface area contributed by atoms with E-state index < -0.39 is 41.2 Å². The molecule has 2 aromatic heterocycles. The standard InChI is InChI=1S/C22H19FN8O5/c1-8-6-30-14-10(4-22(16(30)9(2)35-8)19(32)26-21(34)27-20(22)33)3-12-15(13(14)23)36-29-18(12)31-7-11(5-24)17(25)28-31/h3,7-9,16H,4,6H2,1-2H3,(H2,25,28)(H2,26,27,32,33,34)/t8-,9+,16-/m0/s1. The number of nitrogen functional groups attached to an aromatic ring is 1. The van der Waals surface area contributed by atoms with Gasteiger partial charge in [0.25, 0.3) is 0 Å². The van der Waals surface area contributed by atoms with Crippen LogP contribution in [0.2, 0.25) is 0 Å². The molecule has 4 N–H and O–H groups in total. The lowest BCUT2D eigenvalue weighted by atomic mass is 9.66. The van der Waals surface area contributed by atoms with E-state index >= 15 is 4.39 Å². The van der Waals surface area contributed by atoms with Crippen molar-refractivity contribution in [3.63, 3.8) is 0 Å². The van der Waals surface area contributed by atoms with Gasteiger partial charge in [-0.25, -0.2) is 13.9 Å². The molecular weight excluding hydrogens is 475 g/mol. The predicted octanol–water partition coefficient (Wildman–Crippen LogP) is 0.497. The highest BCUT2D eigenvalue weighted by atomic mass is 19.1. The number of anilines is 2. The number of hydrogen-bond donors (Lipinski definition) is 3. The highest BCUT2D eigenvalue weighted by molar-refractivity contribution is 6.20. The third-order valence-corrected chi connectivity index (χ3v) is 7.03. The largest absolute Gasteiger partial charge is 0.381 e. The number of halogens is 1. The number of barbiturate groups is 1. The molecule has 0 unspecified atom stereocenters. The topological polar surface area (TPSA) is 181 Å². The molecule has 3 atom stereocenters. The monoisotopic (exact) mass is 494 g/mol. The molecule has 184 valence electrons. The zero-order valence-corrected chi connectivity index (χ0v) is 19.0. The van der Waals surface area contributed by atoms with Crippen LogP contribution in [0.3, 0.4) is 0 Å². The number of morpholine rings is 1. The van der Waals surface area contributed by atoms with Gasteiger partial charge in [-0.1, -0.05) is 5.16 Å². The molecule has 13 nitrogen and oxygen atoms in total. The fraction of sp³-hybridized carbons (Fsp3) is 0.364. The van der Waals surface area contributed by atoms with Gasteiger partial charge >= 0.3 is 6.03 Å². The number of hydrogen-bond acceptors (Lipinski definition) is 10. The molecule has 36 heavy (non-hydrogen) atoms. The van der Waals surface area contributed by atoms with Gasteiger partial charge in [-0.15, -0.1) is 5.10 Å². The predicted molar refractivity (Wildman–Crippen MR) is 119 cm³/mol. The van der Waals surface area contributed by atoms with Gasteiger partial charge in [-0.3, -0.25) is 20.2 Å². The summed E-state index contributed by atoms with van der Waals surface area (Å²) in [6, 6.07) is 1.66. The van der Waals surface area contributed by atoms with Crippen molar-refractivity contribution in [3.8, 4) is 11.9 Å². The van der Waals surface area contributed by atoms with Gasteiger partial charge < -0.3 is 19.9 Å². The Kier molecular flexibility index (Phi) is 4.43. The van der Waals surface area contributed by atoms with Crippen LogP contribution >= 0.6 is 0 Å². The minimum absolute atomic E-state index is 0.0367. The van der Waals surface area contributed by atoms with Crippen LogP contribution < -0.4 is 21.3 Å². The molecule has 3 aliphatic rings. The van der Waals surface area contributed by atoms with Crippen LogP contribution in [0.4, 0.5) is 20.7 Å². The summed E-state index contributed by atoms with van der Waals surface area (Å²) in [5, 5.41) is 21.8. The number of nitriles is 1. The first kappa shape index (κ1) is 22.0. The zero-order chi connectivity index (χ0) is 25.5. The first-order chi connectivity index (χ1) is 17.1. The number of nitrogens with one attached hydrogen (secondary N) is 2. The number of carbonyl (C=O) groups is 3. The second-order valence-corrected chi connectivity index (χ2v) is 9.20. The lowest BCUT2D eigenvalue weighted by molar-refractivity contribution is -0.153. The highest BCUT2D eigenvalue weighted by Crippen LogP contribution is 2.49. The fourth-order valence-electron chi connectivity index (χ4n) is 5.68. The number of fused-ring (bicyclic) bond motifs is 5. The third-order valence-electron chi connectivity index (χ3n) is 7.03. The second kappa shape index (κ2) is 7.25. The zero-order valence-electron chi connectivity index (χ0n) is 19.0. The van der Waals surface area contributed by atoms with E-state index in [1.165, 1.54) is 10.9 Å². The van der Waals surface area contributed by atoms with Crippen LogP contribution in [-0.2, 0) is 20.7 Å². The highest BCUT2D eigenvalue weighted by Gasteiger charge is 2.63. The van der Waals surface area contributed by atoms with Crippen molar-refractivity contribution in [1.29, 1.82) is 5.26 Å². The van der Waals surface area contributed by atoms with Gasteiger partial charge in [0, 0.05) is 13.0 Å². The van der Waals surface area contributed by atoms with Crippen molar-refractivity contribution >= 4 is 40.3 Å². The van der Waals surface area contributed by atoms with Gasteiger partial charge in [0.1, 0.15) is 11.6 Å². The maximum Gasteiger partial charge on any atom is 0.328 e. The van der Waals surface area contributed by atoms with E-state index in [1.54, 1.807) is 24.8 Å². The molecule has 6 rings (SSSR count). The van der Waals surface area contributed by atoms with Crippen molar-refractivity contribution in [3.05, 3.63) is 29.2 Å². The Morgan fingerprint density at radius 2 is 2.00 bits per heavy atom. The summed E-state index contributed by atoms with van der Waals surface area (Å²) in [5.74, 6) is -2.26. The van der Waals surface area contributed by atoms with Crippen molar-refractivity contribution < 1.29 is 28.0 Å². The number of carbonyl (C=O) groups excluding carboxylic acids is 3. The number of aromatic nitrogens is 3. The molecule has 14 heteroatoms. The molecule has 4 amide bonds. The Morgan fingerprint density at radius 1 is 1.28 bits per heavy atom. The number of ether oxygens (including phenoxy) is 1. The minimum atomic E-state index is -1.76. The van der Waals surface area contributed by atoms with Crippen LogP contribution in [0.15, 0.2) is 16.8 Å². The molecule has 0 aliphatic carbocycles. The molecule has 2 fully saturated rings. The minimum Gasteiger partial charge on any atom is -0.381 e. The van der Waals surface area contributed by atoms with E-state index in [1.807, 2.05) is 6.07 Å². The summed E-state index contributed by atoms with van der Waals surface area (Å²) in [5.41, 5.74) is 4.43. The first-order valence-corrected chi connectivity index (χ1v) is 11.1. The summed E-state index contributed by atoms with van der Waals surface area (Å²) < 4.78 is 28.6. The van der Waals surface area contributed by atoms with Gasteiger partial charge in [-0.2, -0.15) is 5.26 Å². The maximum atomic E-state index is 16.1. The van der Waals surface area contributed by atoms with Gasteiger partial charge in [0.05, 0.1) is 35.5 Å². The summed E-state index contributed by atoms with van der Waals surface area (Å²) in [6.07, 6.45) is 0.134. The summed E-state index contributed by atoms with van der Waals surface area (Å²) >= 11 is 0. The summed E-state index contributed by atoms with van der Waals surface area (Å²) in [6.45, 7) is 3.69.